The standard InChI is InChI=1S/C16H29NO3/c1-2-3-4-5-6-7-8-9-10-11-14-13(16(19)20)12-15(18)17-14/h13-14H,2-12H2,1H3,(H,17,18)(H,19,20). The summed E-state index contributed by atoms with van der Waals surface area (Å²) in [5, 5.41) is 11.8. The maximum atomic E-state index is 11.3. The van der Waals surface area contributed by atoms with Crippen LogP contribution in [-0.4, -0.2) is 23.0 Å². The SMILES string of the molecule is CCCCCCCCCCCC1NC(=O)CC1C(=O)O. The third kappa shape index (κ3) is 6.40. The number of hydrogen-bond donors (Lipinski definition) is 2. The van der Waals surface area contributed by atoms with Gasteiger partial charge in [0.05, 0.1) is 5.92 Å². The highest BCUT2D eigenvalue weighted by molar-refractivity contribution is 5.86. The minimum atomic E-state index is -0.843. The zero-order valence-corrected chi connectivity index (χ0v) is 12.7. The van der Waals surface area contributed by atoms with E-state index in [1.165, 1.54) is 44.9 Å². The lowest BCUT2D eigenvalue weighted by molar-refractivity contribution is -0.142. The van der Waals surface area contributed by atoms with E-state index < -0.39 is 11.9 Å². The third-order valence-electron chi connectivity index (χ3n) is 4.17. The van der Waals surface area contributed by atoms with E-state index >= 15 is 0 Å². The van der Waals surface area contributed by atoms with Crippen molar-refractivity contribution in [3.8, 4) is 0 Å². The molecule has 1 rings (SSSR count). The molecule has 1 fully saturated rings. The van der Waals surface area contributed by atoms with Crippen LogP contribution in [0, 0.1) is 5.92 Å². The van der Waals surface area contributed by atoms with Crippen molar-refractivity contribution in [3.05, 3.63) is 0 Å². The quantitative estimate of drug-likeness (QED) is 0.570. The van der Waals surface area contributed by atoms with E-state index in [9.17, 15) is 9.59 Å². The molecule has 4 nitrogen and oxygen atoms in total. The molecule has 0 bridgehead atoms. The molecular formula is C16H29NO3. The van der Waals surface area contributed by atoms with Crippen LogP contribution in [0.3, 0.4) is 0 Å². The van der Waals surface area contributed by atoms with Crippen LogP contribution in [0.5, 0.6) is 0 Å². The minimum absolute atomic E-state index is 0.113. The monoisotopic (exact) mass is 283 g/mol. The number of aliphatic carboxylic acids is 1. The smallest absolute Gasteiger partial charge is 0.309 e. The highest BCUT2D eigenvalue weighted by atomic mass is 16.4. The Morgan fingerprint density at radius 3 is 2.20 bits per heavy atom. The lowest BCUT2D eigenvalue weighted by atomic mass is 9.95. The molecule has 1 aliphatic heterocycles. The molecule has 2 atom stereocenters. The molecule has 1 heterocycles. The zero-order chi connectivity index (χ0) is 14.8. The summed E-state index contributed by atoms with van der Waals surface area (Å²) < 4.78 is 0. The zero-order valence-electron chi connectivity index (χ0n) is 12.7. The van der Waals surface area contributed by atoms with Gasteiger partial charge in [-0.05, 0) is 6.42 Å². The number of hydrogen-bond acceptors (Lipinski definition) is 2. The molecule has 2 N–H and O–H groups in total. The number of nitrogens with one attached hydrogen (secondary N) is 1. The molecule has 0 aromatic carbocycles. The van der Waals surface area contributed by atoms with E-state index in [4.69, 9.17) is 5.11 Å². The summed E-state index contributed by atoms with van der Waals surface area (Å²) in [7, 11) is 0. The van der Waals surface area contributed by atoms with Gasteiger partial charge in [-0.2, -0.15) is 0 Å². The summed E-state index contributed by atoms with van der Waals surface area (Å²) in [6.07, 6.45) is 12.3. The average Bonchev–Trinajstić information content (AvgIpc) is 2.78. The maximum Gasteiger partial charge on any atom is 0.309 e. The Kier molecular flexibility index (Phi) is 8.31. The predicted molar refractivity (Wildman–Crippen MR) is 79.5 cm³/mol. The fraction of sp³-hybridized carbons (Fsp3) is 0.875. The van der Waals surface area contributed by atoms with E-state index in [0.29, 0.717) is 0 Å². The lowest BCUT2D eigenvalue weighted by Crippen LogP contribution is -2.32. The van der Waals surface area contributed by atoms with E-state index in [-0.39, 0.29) is 18.4 Å². The highest BCUT2D eigenvalue weighted by Gasteiger charge is 2.36. The first kappa shape index (κ1) is 17.0. The van der Waals surface area contributed by atoms with Crippen LogP contribution < -0.4 is 5.32 Å². The van der Waals surface area contributed by atoms with Crippen LogP contribution in [0.4, 0.5) is 0 Å². The molecule has 0 saturated carbocycles. The van der Waals surface area contributed by atoms with Crippen molar-refractivity contribution in [1.82, 2.24) is 5.32 Å². The molecule has 0 aliphatic carbocycles. The summed E-state index contributed by atoms with van der Waals surface area (Å²) in [5.41, 5.74) is 0. The van der Waals surface area contributed by atoms with Gasteiger partial charge in [0.2, 0.25) is 5.91 Å². The van der Waals surface area contributed by atoms with Gasteiger partial charge in [0, 0.05) is 12.5 Å². The normalized spacial score (nSPS) is 21.9. The van der Waals surface area contributed by atoms with Gasteiger partial charge in [-0.25, -0.2) is 0 Å². The Labute approximate surface area is 122 Å². The van der Waals surface area contributed by atoms with Gasteiger partial charge in [0.25, 0.3) is 0 Å². The molecule has 0 spiro atoms. The van der Waals surface area contributed by atoms with Gasteiger partial charge in [0.15, 0.2) is 0 Å². The Balaban J connectivity index is 2.00. The number of carbonyl (C=O) groups is 2. The first-order valence-corrected chi connectivity index (χ1v) is 8.17. The van der Waals surface area contributed by atoms with Gasteiger partial charge >= 0.3 is 5.97 Å². The first-order valence-electron chi connectivity index (χ1n) is 8.17. The summed E-state index contributed by atoms with van der Waals surface area (Å²) in [5.74, 6) is -1.47. The Morgan fingerprint density at radius 2 is 1.65 bits per heavy atom. The third-order valence-corrected chi connectivity index (χ3v) is 4.17. The Morgan fingerprint density at radius 1 is 1.10 bits per heavy atom. The number of carbonyl (C=O) groups excluding carboxylic acids is 1. The molecule has 116 valence electrons. The number of carboxylic acid groups (broad SMARTS) is 1. The molecule has 0 aromatic heterocycles. The largest absolute Gasteiger partial charge is 0.481 e. The topological polar surface area (TPSA) is 66.4 Å². The van der Waals surface area contributed by atoms with E-state index in [1.54, 1.807) is 0 Å². The summed E-state index contributed by atoms with van der Waals surface area (Å²) >= 11 is 0. The minimum Gasteiger partial charge on any atom is -0.481 e. The summed E-state index contributed by atoms with van der Waals surface area (Å²) in [6.45, 7) is 2.23. The summed E-state index contributed by atoms with van der Waals surface area (Å²) in [4.78, 5) is 22.3. The molecular weight excluding hydrogens is 254 g/mol. The molecule has 2 unspecified atom stereocenters. The van der Waals surface area contributed by atoms with E-state index in [1.807, 2.05) is 0 Å². The number of unbranched alkanes of at least 4 members (excludes halogenated alkanes) is 8. The van der Waals surface area contributed by atoms with Gasteiger partial charge in [-0.3, -0.25) is 9.59 Å². The molecule has 20 heavy (non-hydrogen) atoms. The van der Waals surface area contributed by atoms with Crippen molar-refractivity contribution in [2.24, 2.45) is 5.92 Å². The van der Waals surface area contributed by atoms with Gasteiger partial charge in [0.1, 0.15) is 0 Å². The van der Waals surface area contributed by atoms with Crippen molar-refractivity contribution in [1.29, 1.82) is 0 Å². The molecule has 4 heteroatoms. The van der Waals surface area contributed by atoms with Crippen LogP contribution in [0.15, 0.2) is 0 Å². The molecule has 1 saturated heterocycles. The van der Waals surface area contributed by atoms with Gasteiger partial charge in [-0.1, -0.05) is 64.7 Å². The van der Waals surface area contributed by atoms with Crippen molar-refractivity contribution in [2.75, 3.05) is 0 Å². The van der Waals surface area contributed by atoms with Crippen LogP contribution in [-0.2, 0) is 9.59 Å². The Bertz CT molecular complexity index is 304. The predicted octanol–water partition coefficient (Wildman–Crippen LogP) is 3.50. The number of carboxylic acids is 1. The second kappa shape index (κ2) is 9.78. The fourth-order valence-corrected chi connectivity index (χ4v) is 2.92. The first-order chi connectivity index (χ1) is 9.65. The second-order valence-corrected chi connectivity index (χ2v) is 5.94. The van der Waals surface area contributed by atoms with Crippen LogP contribution in [0.1, 0.15) is 77.6 Å². The number of rotatable bonds is 11. The van der Waals surface area contributed by atoms with Crippen molar-refractivity contribution in [2.45, 2.75) is 83.6 Å². The molecule has 1 amide bonds. The lowest BCUT2D eigenvalue weighted by Gasteiger charge is -2.14. The van der Waals surface area contributed by atoms with Crippen molar-refractivity contribution < 1.29 is 14.7 Å². The maximum absolute atomic E-state index is 11.3. The average molecular weight is 283 g/mol. The number of amides is 1. The molecule has 0 radical (unpaired) electrons. The van der Waals surface area contributed by atoms with Crippen molar-refractivity contribution in [3.63, 3.8) is 0 Å². The van der Waals surface area contributed by atoms with Gasteiger partial charge < -0.3 is 10.4 Å². The van der Waals surface area contributed by atoms with E-state index in [2.05, 4.69) is 12.2 Å². The van der Waals surface area contributed by atoms with Crippen LogP contribution in [0.25, 0.3) is 0 Å². The fourth-order valence-electron chi connectivity index (χ4n) is 2.92. The van der Waals surface area contributed by atoms with Crippen LogP contribution in [0.2, 0.25) is 0 Å². The van der Waals surface area contributed by atoms with Gasteiger partial charge in [-0.15, -0.1) is 0 Å². The van der Waals surface area contributed by atoms with E-state index in [0.717, 1.165) is 19.3 Å². The molecule has 1 aliphatic rings. The Hall–Kier alpha value is -1.06. The van der Waals surface area contributed by atoms with Crippen molar-refractivity contribution >= 4 is 11.9 Å². The highest BCUT2D eigenvalue weighted by Crippen LogP contribution is 2.22. The van der Waals surface area contributed by atoms with Crippen LogP contribution >= 0.6 is 0 Å². The molecule has 0 aromatic rings. The summed E-state index contributed by atoms with van der Waals surface area (Å²) in [6, 6.07) is -0.149. The second-order valence-electron chi connectivity index (χ2n) is 5.94.